The lowest BCUT2D eigenvalue weighted by Gasteiger charge is -2.11. The van der Waals surface area contributed by atoms with Crippen molar-refractivity contribution in [2.45, 2.75) is 6.36 Å². The zero-order valence-corrected chi connectivity index (χ0v) is 11.5. The number of nitrogens with two attached hydrogens (primary N) is 1. The molecule has 0 saturated carbocycles. The van der Waals surface area contributed by atoms with Crippen LogP contribution in [0.2, 0.25) is 0 Å². The molecule has 0 aliphatic carbocycles. The van der Waals surface area contributed by atoms with Gasteiger partial charge in [-0.3, -0.25) is 4.79 Å². The molecule has 0 atom stereocenters. The Bertz CT molecular complexity index is 935. The summed E-state index contributed by atoms with van der Waals surface area (Å²) < 4.78 is 40.8. The van der Waals surface area contributed by atoms with E-state index in [1.165, 1.54) is 6.07 Å². The molecule has 1 aromatic heterocycles. The number of ether oxygens (including phenoxy) is 1. The van der Waals surface area contributed by atoms with Crippen molar-refractivity contribution in [1.82, 2.24) is 9.97 Å². The smallest absolute Gasteiger partial charge is 0.406 e. The molecule has 0 saturated heterocycles. The van der Waals surface area contributed by atoms with E-state index in [4.69, 9.17) is 5.73 Å². The quantitative estimate of drug-likeness (QED) is 0.711. The van der Waals surface area contributed by atoms with Crippen LogP contribution in [0.1, 0.15) is 0 Å². The van der Waals surface area contributed by atoms with E-state index in [0.717, 1.165) is 12.1 Å². The van der Waals surface area contributed by atoms with E-state index < -0.39 is 17.7 Å². The van der Waals surface area contributed by atoms with Gasteiger partial charge in [-0.15, -0.1) is 13.2 Å². The fourth-order valence-electron chi connectivity index (χ4n) is 2.15. The van der Waals surface area contributed by atoms with Crippen molar-refractivity contribution in [2.75, 3.05) is 5.73 Å². The number of H-pyrrole nitrogens is 1. The number of alkyl halides is 3. The third-order valence-corrected chi connectivity index (χ3v) is 3.13. The number of aromatic amines is 1. The van der Waals surface area contributed by atoms with Crippen LogP contribution in [-0.2, 0) is 0 Å². The number of nitrogen functional groups attached to an aromatic ring is 1. The van der Waals surface area contributed by atoms with Gasteiger partial charge in [-0.05, 0) is 30.3 Å². The second-order valence-corrected chi connectivity index (χ2v) is 4.73. The molecule has 118 valence electrons. The summed E-state index contributed by atoms with van der Waals surface area (Å²) in [5, 5.41) is 0.373. The third-order valence-electron chi connectivity index (χ3n) is 3.13. The molecule has 0 fully saturated rings. The molecule has 1 heterocycles. The lowest BCUT2D eigenvalue weighted by atomic mass is 10.1. The Kier molecular flexibility index (Phi) is 3.44. The summed E-state index contributed by atoms with van der Waals surface area (Å²) in [4.78, 5) is 18.8. The summed E-state index contributed by atoms with van der Waals surface area (Å²) in [5.74, 6) is -0.378. The van der Waals surface area contributed by atoms with Gasteiger partial charge >= 0.3 is 6.36 Å². The van der Waals surface area contributed by atoms with E-state index in [1.54, 1.807) is 24.3 Å². The maximum absolute atomic E-state index is 12.3. The SMILES string of the molecule is Nc1ccc(OC(F)(F)F)cc1-c1nc2ccccc2c(=O)[nH]1. The number of anilines is 1. The maximum Gasteiger partial charge on any atom is 0.573 e. The lowest BCUT2D eigenvalue weighted by Crippen LogP contribution is -2.17. The van der Waals surface area contributed by atoms with Crippen molar-refractivity contribution < 1.29 is 17.9 Å². The highest BCUT2D eigenvalue weighted by Gasteiger charge is 2.31. The molecule has 3 N–H and O–H groups in total. The van der Waals surface area contributed by atoms with Crippen molar-refractivity contribution >= 4 is 16.6 Å². The van der Waals surface area contributed by atoms with Crippen LogP contribution in [0.5, 0.6) is 5.75 Å². The normalized spacial score (nSPS) is 11.6. The van der Waals surface area contributed by atoms with E-state index in [-0.39, 0.29) is 17.1 Å². The Labute approximate surface area is 127 Å². The van der Waals surface area contributed by atoms with Crippen molar-refractivity contribution in [3.05, 3.63) is 52.8 Å². The first-order valence-corrected chi connectivity index (χ1v) is 6.48. The topological polar surface area (TPSA) is 81.0 Å². The number of aromatic nitrogens is 2. The van der Waals surface area contributed by atoms with Gasteiger partial charge in [0.2, 0.25) is 0 Å². The monoisotopic (exact) mass is 321 g/mol. The zero-order valence-electron chi connectivity index (χ0n) is 11.5. The highest BCUT2D eigenvalue weighted by Crippen LogP contribution is 2.30. The number of halogens is 3. The summed E-state index contributed by atoms with van der Waals surface area (Å²) in [6.07, 6.45) is -4.82. The van der Waals surface area contributed by atoms with Gasteiger partial charge in [0.15, 0.2) is 0 Å². The van der Waals surface area contributed by atoms with Gasteiger partial charge < -0.3 is 15.5 Å². The first kappa shape index (κ1) is 14.9. The van der Waals surface area contributed by atoms with Gasteiger partial charge in [0.25, 0.3) is 5.56 Å². The van der Waals surface area contributed by atoms with Crippen molar-refractivity contribution in [2.24, 2.45) is 0 Å². The summed E-state index contributed by atoms with van der Waals surface area (Å²) in [7, 11) is 0. The van der Waals surface area contributed by atoms with Crippen LogP contribution in [0.25, 0.3) is 22.3 Å². The molecule has 2 aromatic carbocycles. The molecule has 0 amide bonds. The van der Waals surface area contributed by atoms with Gasteiger partial charge in [-0.25, -0.2) is 4.98 Å². The average molecular weight is 321 g/mol. The molecular weight excluding hydrogens is 311 g/mol. The molecule has 0 bridgehead atoms. The van der Waals surface area contributed by atoms with Crippen LogP contribution >= 0.6 is 0 Å². The number of para-hydroxylation sites is 1. The molecule has 0 unspecified atom stereocenters. The van der Waals surface area contributed by atoms with Gasteiger partial charge in [0.1, 0.15) is 11.6 Å². The van der Waals surface area contributed by atoms with Crippen LogP contribution in [-0.4, -0.2) is 16.3 Å². The first-order chi connectivity index (χ1) is 10.8. The molecule has 5 nitrogen and oxygen atoms in total. The fourth-order valence-corrected chi connectivity index (χ4v) is 2.15. The van der Waals surface area contributed by atoms with Crippen LogP contribution in [0.15, 0.2) is 47.3 Å². The van der Waals surface area contributed by atoms with E-state index in [2.05, 4.69) is 14.7 Å². The number of hydrogen-bond donors (Lipinski definition) is 2. The van der Waals surface area contributed by atoms with E-state index in [9.17, 15) is 18.0 Å². The summed E-state index contributed by atoms with van der Waals surface area (Å²) in [6.45, 7) is 0. The van der Waals surface area contributed by atoms with Crippen LogP contribution in [0, 0.1) is 0 Å². The van der Waals surface area contributed by atoms with Crippen LogP contribution < -0.4 is 16.0 Å². The second-order valence-electron chi connectivity index (χ2n) is 4.73. The zero-order chi connectivity index (χ0) is 16.6. The third kappa shape index (κ3) is 3.10. The molecule has 0 aliphatic heterocycles. The Morgan fingerprint density at radius 1 is 1.13 bits per heavy atom. The number of fused-ring (bicyclic) bond motifs is 1. The van der Waals surface area contributed by atoms with E-state index >= 15 is 0 Å². The first-order valence-electron chi connectivity index (χ1n) is 6.48. The Morgan fingerprint density at radius 2 is 1.87 bits per heavy atom. The fraction of sp³-hybridized carbons (Fsp3) is 0.0667. The predicted molar refractivity (Wildman–Crippen MR) is 78.9 cm³/mol. The van der Waals surface area contributed by atoms with Gasteiger partial charge in [-0.2, -0.15) is 0 Å². The molecule has 0 aliphatic rings. The van der Waals surface area contributed by atoms with E-state index in [0.29, 0.717) is 10.9 Å². The van der Waals surface area contributed by atoms with Crippen LogP contribution in [0.3, 0.4) is 0 Å². The Hall–Kier alpha value is -3.03. The predicted octanol–water partition coefficient (Wildman–Crippen LogP) is 3.07. The van der Waals surface area contributed by atoms with Gasteiger partial charge in [0, 0.05) is 11.3 Å². The Morgan fingerprint density at radius 3 is 2.61 bits per heavy atom. The van der Waals surface area contributed by atoms with Crippen molar-refractivity contribution in [3.63, 3.8) is 0 Å². The van der Waals surface area contributed by atoms with E-state index in [1.807, 2.05) is 0 Å². The largest absolute Gasteiger partial charge is 0.573 e. The minimum atomic E-state index is -4.82. The second kappa shape index (κ2) is 5.31. The minimum absolute atomic E-state index is 0.0684. The average Bonchev–Trinajstić information content (AvgIpc) is 2.48. The number of nitrogens with zero attached hydrogens (tertiary/aromatic N) is 1. The number of rotatable bonds is 2. The summed E-state index contributed by atoms with van der Waals surface area (Å²) in [6, 6.07) is 10.0. The lowest BCUT2D eigenvalue weighted by molar-refractivity contribution is -0.274. The maximum atomic E-state index is 12.3. The number of nitrogens with one attached hydrogen (secondary N) is 1. The number of benzene rings is 2. The van der Waals surface area contributed by atoms with Gasteiger partial charge in [0.05, 0.1) is 10.9 Å². The Balaban J connectivity index is 2.14. The highest BCUT2D eigenvalue weighted by molar-refractivity contribution is 5.81. The molecule has 8 heteroatoms. The highest BCUT2D eigenvalue weighted by atomic mass is 19.4. The summed E-state index contributed by atoms with van der Waals surface area (Å²) in [5.41, 5.74) is 6.09. The van der Waals surface area contributed by atoms with Gasteiger partial charge in [-0.1, -0.05) is 12.1 Å². The molecule has 0 radical (unpaired) electrons. The molecule has 0 spiro atoms. The van der Waals surface area contributed by atoms with Crippen molar-refractivity contribution in [3.8, 4) is 17.1 Å². The molecule has 3 rings (SSSR count). The molecular formula is C15H10F3N3O2. The van der Waals surface area contributed by atoms with Crippen LogP contribution in [0.4, 0.5) is 18.9 Å². The molecule has 23 heavy (non-hydrogen) atoms. The van der Waals surface area contributed by atoms with Crippen molar-refractivity contribution in [1.29, 1.82) is 0 Å². The minimum Gasteiger partial charge on any atom is -0.406 e. The summed E-state index contributed by atoms with van der Waals surface area (Å²) >= 11 is 0. The standard InChI is InChI=1S/C15H10F3N3O2/c16-15(17,18)23-8-5-6-11(19)10(7-8)13-20-12-4-2-1-3-9(12)14(22)21-13/h1-7H,19H2,(H,20,21,22). The number of hydrogen-bond acceptors (Lipinski definition) is 4. The molecule has 3 aromatic rings.